The standard InChI is InChI=1S/C13H5F20NO4S/c1-2-38-5(35)3(4(14)15)34(33)39(36,37)13(31,32)11(26,27)9(22,23)7(18,19)6(16,17)8(20,21)10(24,25)12(28,29)30/h2H2,1H3. The van der Waals surface area contributed by atoms with Gasteiger partial charge in [-0.15, -0.1) is 0 Å². The van der Waals surface area contributed by atoms with Gasteiger partial charge in [-0.3, -0.25) is 0 Å². The zero-order valence-electron chi connectivity index (χ0n) is 17.3. The van der Waals surface area contributed by atoms with Crippen LogP contribution in [0.2, 0.25) is 0 Å². The molecular formula is C13H5F20NO4S. The molecule has 0 unspecified atom stereocenters. The molecule has 5 nitrogen and oxygen atoms in total. The van der Waals surface area contributed by atoms with Crippen molar-refractivity contribution in [2.24, 2.45) is 0 Å². The Morgan fingerprint density at radius 1 is 0.641 bits per heavy atom. The van der Waals surface area contributed by atoms with Gasteiger partial charge in [0.15, 0.2) is 0 Å². The van der Waals surface area contributed by atoms with E-state index in [4.69, 9.17) is 0 Å². The van der Waals surface area contributed by atoms with Crippen molar-refractivity contribution < 1.29 is 106 Å². The normalized spacial score (nSPS) is 15.2. The first kappa shape index (κ1) is 36.6. The molecular weight excluding hydrogens is 646 g/mol. The second-order valence-corrected chi connectivity index (χ2v) is 8.29. The van der Waals surface area contributed by atoms with Gasteiger partial charge in [-0.25, -0.2) is 4.79 Å². The monoisotopic (exact) mass is 651 g/mol. The molecule has 0 aliphatic carbocycles. The predicted molar refractivity (Wildman–Crippen MR) is 78.4 cm³/mol. The molecule has 0 rings (SSSR count). The zero-order chi connectivity index (χ0) is 32.2. The first-order chi connectivity index (χ1) is 16.7. The van der Waals surface area contributed by atoms with E-state index >= 15 is 0 Å². The molecule has 0 radical (unpaired) electrons. The Hall–Kier alpha value is -2.44. The summed E-state index contributed by atoms with van der Waals surface area (Å²) in [5, 5.41) is -8.49. The zero-order valence-corrected chi connectivity index (χ0v) is 18.1. The van der Waals surface area contributed by atoms with E-state index in [9.17, 15) is 101 Å². The van der Waals surface area contributed by atoms with Gasteiger partial charge in [0.1, 0.15) is 0 Å². The molecule has 39 heavy (non-hydrogen) atoms. The highest BCUT2D eigenvalue weighted by molar-refractivity contribution is 7.90. The third-order valence-electron chi connectivity index (χ3n) is 4.05. The Balaban J connectivity index is 7.21. The van der Waals surface area contributed by atoms with E-state index in [1.165, 1.54) is 0 Å². The highest BCUT2D eigenvalue weighted by Gasteiger charge is 2.96. The topological polar surface area (TPSA) is 63.7 Å². The van der Waals surface area contributed by atoms with Gasteiger partial charge in [-0.1, -0.05) is 9.01 Å². The van der Waals surface area contributed by atoms with Gasteiger partial charge in [0.25, 0.3) is 0 Å². The number of hydrogen-bond donors (Lipinski definition) is 0. The van der Waals surface area contributed by atoms with Crippen molar-refractivity contribution in [1.29, 1.82) is 0 Å². The maximum atomic E-state index is 13.8. The average Bonchev–Trinajstić information content (AvgIpc) is 2.71. The minimum atomic E-state index is -9.22. The van der Waals surface area contributed by atoms with Gasteiger partial charge in [-0.2, -0.15) is 91.8 Å². The molecule has 0 bridgehead atoms. The van der Waals surface area contributed by atoms with E-state index in [1.807, 2.05) is 0 Å². The van der Waals surface area contributed by atoms with Crippen LogP contribution in [0, 0.1) is 0 Å². The van der Waals surface area contributed by atoms with Crippen LogP contribution in [0.15, 0.2) is 11.8 Å². The number of halogens is 20. The van der Waals surface area contributed by atoms with Crippen molar-refractivity contribution in [3.05, 3.63) is 11.8 Å². The van der Waals surface area contributed by atoms with Crippen molar-refractivity contribution in [2.75, 3.05) is 6.61 Å². The largest absolute Gasteiger partial charge is 0.461 e. The van der Waals surface area contributed by atoms with Crippen LogP contribution in [0.5, 0.6) is 0 Å². The average molecular weight is 651 g/mol. The number of ether oxygens (including phenoxy) is 1. The van der Waals surface area contributed by atoms with E-state index < -0.39 is 85.9 Å². The molecule has 232 valence electrons. The molecule has 0 aromatic heterocycles. The van der Waals surface area contributed by atoms with Crippen LogP contribution in [-0.4, -0.2) is 72.5 Å². The van der Waals surface area contributed by atoms with Crippen LogP contribution in [0.4, 0.5) is 87.9 Å². The number of rotatable bonds is 11. The lowest BCUT2D eigenvalue weighted by molar-refractivity contribution is -0.458. The highest BCUT2D eigenvalue weighted by Crippen LogP contribution is 2.64. The van der Waals surface area contributed by atoms with Crippen LogP contribution in [0.1, 0.15) is 6.92 Å². The summed E-state index contributed by atoms with van der Waals surface area (Å²) in [6.45, 7) is -0.529. The lowest BCUT2D eigenvalue weighted by atomic mass is 9.91. The fraction of sp³-hybridized carbons (Fsp3) is 0.769. The van der Waals surface area contributed by atoms with Crippen molar-refractivity contribution in [3.8, 4) is 0 Å². The number of hydrogen-bond acceptors (Lipinski definition) is 4. The second kappa shape index (κ2) is 9.88. The fourth-order valence-electron chi connectivity index (χ4n) is 1.95. The number of nitrogens with zero attached hydrogens (tertiary/aromatic N) is 1. The van der Waals surface area contributed by atoms with Crippen molar-refractivity contribution in [2.45, 2.75) is 53.9 Å². The minimum Gasteiger partial charge on any atom is -0.461 e. The number of carbonyl (C=O) groups is 1. The fourth-order valence-corrected chi connectivity index (χ4v) is 2.98. The molecule has 0 aliphatic rings. The van der Waals surface area contributed by atoms with Gasteiger partial charge in [0.2, 0.25) is 5.70 Å². The predicted octanol–water partition coefficient (Wildman–Crippen LogP) is 6.14. The van der Waals surface area contributed by atoms with Crippen molar-refractivity contribution >= 4 is 16.0 Å². The van der Waals surface area contributed by atoms with Crippen molar-refractivity contribution in [1.82, 2.24) is 4.53 Å². The molecule has 0 atom stereocenters. The number of carbonyl (C=O) groups excluding carboxylic acids is 1. The molecule has 0 spiro atoms. The Kier molecular flexibility index (Phi) is 9.26. The third kappa shape index (κ3) is 4.88. The van der Waals surface area contributed by atoms with Crippen LogP contribution in [0.3, 0.4) is 0 Å². The summed E-state index contributed by atoms with van der Waals surface area (Å²) >= 11 is 0. The summed E-state index contributed by atoms with van der Waals surface area (Å²) in [5.41, 5.74) is -3.66. The lowest BCUT2D eigenvalue weighted by Crippen LogP contribution is -2.75. The molecule has 0 aliphatic heterocycles. The van der Waals surface area contributed by atoms with E-state index in [0.29, 0.717) is 6.92 Å². The van der Waals surface area contributed by atoms with Crippen LogP contribution >= 0.6 is 0 Å². The summed E-state index contributed by atoms with van der Waals surface area (Å²) in [6.07, 6.45) is -12.1. The maximum absolute atomic E-state index is 13.8. The van der Waals surface area contributed by atoms with E-state index in [1.54, 1.807) is 0 Å². The molecule has 0 aromatic rings. The number of alkyl halides is 17. The van der Waals surface area contributed by atoms with Crippen molar-refractivity contribution in [3.63, 3.8) is 0 Å². The molecule has 0 heterocycles. The lowest BCUT2D eigenvalue weighted by Gasteiger charge is -2.42. The summed E-state index contributed by atoms with van der Waals surface area (Å²) in [4.78, 5) is 11.1. The molecule has 0 fully saturated rings. The quantitative estimate of drug-likeness (QED) is 0.117. The van der Waals surface area contributed by atoms with E-state index in [2.05, 4.69) is 4.74 Å². The molecule has 0 N–H and O–H groups in total. The minimum absolute atomic E-state index is 0.645. The SMILES string of the molecule is CCOC(=O)C(=C(F)F)N(F)S(=O)(=O)C(F)(F)C(F)(F)C(F)(F)C(F)(F)C(F)(F)C(F)(F)C(F)(F)C(F)(F)F. The Morgan fingerprint density at radius 2 is 0.949 bits per heavy atom. The first-order valence-electron chi connectivity index (χ1n) is 8.36. The Labute approximate surface area is 199 Å². The summed E-state index contributed by atoms with van der Waals surface area (Å²) in [5.74, 6) is -56.9. The summed E-state index contributed by atoms with van der Waals surface area (Å²) in [6, 6.07) is 0. The maximum Gasteiger partial charge on any atom is 0.460 e. The van der Waals surface area contributed by atoms with E-state index in [-0.39, 0.29) is 0 Å². The van der Waals surface area contributed by atoms with Gasteiger partial charge in [-0.05, 0) is 6.92 Å². The van der Waals surface area contributed by atoms with E-state index in [0.717, 1.165) is 0 Å². The molecule has 0 aromatic carbocycles. The highest BCUT2D eigenvalue weighted by atomic mass is 32.2. The van der Waals surface area contributed by atoms with Gasteiger partial charge >= 0.3 is 69.0 Å². The molecule has 26 heteroatoms. The second-order valence-electron chi connectivity index (χ2n) is 6.51. The van der Waals surface area contributed by atoms with Crippen LogP contribution < -0.4 is 0 Å². The summed E-state index contributed by atoms with van der Waals surface area (Å²) < 4.78 is 285. The third-order valence-corrected chi connectivity index (χ3v) is 5.56. The van der Waals surface area contributed by atoms with Gasteiger partial charge in [0, 0.05) is 0 Å². The van der Waals surface area contributed by atoms with Crippen LogP contribution in [-0.2, 0) is 19.6 Å². The number of esters is 1. The summed E-state index contributed by atoms with van der Waals surface area (Å²) in [7, 11) is -8.81. The van der Waals surface area contributed by atoms with Gasteiger partial charge < -0.3 is 4.74 Å². The molecule has 0 amide bonds. The number of sulfonamides is 1. The Bertz CT molecular complexity index is 1070. The van der Waals surface area contributed by atoms with Crippen LogP contribution in [0.25, 0.3) is 0 Å². The van der Waals surface area contributed by atoms with Gasteiger partial charge in [0.05, 0.1) is 6.61 Å². The smallest absolute Gasteiger partial charge is 0.460 e. The molecule has 0 saturated heterocycles. The Morgan fingerprint density at radius 3 is 1.23 bits per heavy atom. The molecule has 0 saturated carbocycles. The first-order valence-corrected chi connectivity index (χ1v) is 9.80.